The van der Waals surface area contributed by atoms with E-state index in [0.29, 0.717) is 12.3 Å². The Morgan fingerprint density at radius 2 is 2.30 bits per heavy atom. The number of hydrogen-bond acceptors (Lipinski definition) is 2. The quantitative estimate of drug-likeness (QED) is 0.859. The minimum Gasteiger partial charge on any atom is -0.337 e. The van der Waals surface area contributed by atoms with E-state index in [9.17, 15) is 0 Å². The summed E-state index contributed by atoms with van der Waals surface area (Å²) in [5.74, 6) is 1.58. The van der Waals surface area contributed by atoms with Crippen LogP contribution in [0.25, 0.3) is 0 Å². The van der Waals surface area contributed by atoms with Gasteiger partial charge in [-0.2, -0.15) is 5.26 Å². The van der Waals surface area contributed by atoms with E-state index in [1.54, 1.807) is 0 Å². The molecule has 1 aliphatic carbocycles. The average Bonchev–Trinajstić information content (AvgIpc) is 2.80. The van der Waals surface area contributed by atoms with Gasteiger partial charge in [0.15, 0.2) is 0 Å². The number of nitrogens with zero attached hydrogens (tertiary/aromatic N) is 3. The molecule has 1 aromatic heterocycles. The van der Waals surface area contributed by atoms with Crippen molar-refractivity contribution >= 4 is 15.9 Å². The van der Waals surface area contributed by atoms with E-state index in [0.717, 1.165) is 23.1 Å². The summed E-state index contributed by atoms with van der Waals surface area (Å²) in [7, 11) is 2.04. The molecule has 0 N–H and O–H groups in total. The number of nitriles is 1. The van der Waals surface area contributed by atoms with Crippen LogP contribution in [0.4, 0.5) is 0 Å². The number of imidazole rings is 1. The molecule has 0 atom stereocenters. The minimum absolute atomic E-state index is 0.0381. The lowest BCUT2D eigenvalue weighted by atomic mass is 9.57. The largest absolute Gasteiger partial charge is 0.337 e. The van der Waals surface area contributed by atoms with Gasteiger partial charge in [0.1, 0.15) is 5.82 Å². The molecular weight excluding hydrogens is 314 g/mol. The van der Waals surface area contributed by atoms with E-state index in [1.165, 1.54) is 5.56 Å². The van der Waals surface area contributed by atoms with Gasteiger partial charge in [-0.3, -0.25) is 0 Å². The summed E-state index contributed by atoms with van der Waals surface area (Å²) in [6.45, 7) is 0. The normalized spacial score (nSPS) is 24.9. The molecular formula is C16H16BrN3. The summed E-state index contributed by atoms with van der Waals surface area (Å²) in [5, 5.41) is 8.89. The number of benzene rings is 1. The first-order valence-electron chi connectivity index (χ1n) is 6.76. The molecule has 1 heterocycles. The predicted octanol–water partition coefficient (Wildman–Crippen LogP) is 3.79. The van der Waals surface area contributed by atoms with Gasteiger partial charge in [0.2, 0.25) is 0 Å². The van der Waals surface area contributed by atoms with Gasteiger partial charge in [0.05, 0.1) is 11.5 Å². The molecule has 0 radical (unpaired) electrons. The second-order valence-electron chi connectivity index (χ2n) is 5.59. The van der Waals surface area contributed by atoms with Crippen LogP contribution in [0, 0.1) is 17.2 Å². The van der Waals surface area contributed by atoms with Crippen molar-refractivity contribution in [2.75, 3.05) is 0 Å². The Bertz CT molecular complexity index is 662. The van der Waals surface area contributed by atoms with Gasteiger partial charge in [-0.15, -0.1) is 0 Å². The summed E-state index contributed by atoms with van der Waals surface area (Å²) >= 11 is 3.56. The molecule has 3 nitrogen and oxygen atoms in total. The third kappa shape index (κ3) is 2.06. The molecule has 102 valence electrons. The fraction of sp³-hybridized carbons (Fsp3) is 0.375. The third-order valence-corrected chi connectivity index (χ3v) is 4.77. The molecule has 4 heteroatoms. The Kier molecular flexibility index (Phi) is 3.39. The van der Waals surface area contributed by atoms with Crippen molar-refractivity contribution in [1.29, 1.82) is 5.26 Å². The molecule has 20 heavy (non-hydrogen) atoms. The van der Waals surface area contributed by atoms with Crippen molar-refractivity contribution in [2.45, 2.75) is 24.7 Å². The molecule has 0 spiro atoms. The standard InChI is InChI=1S/C16H16BrN3/c1-20-8-7-19-15(20)16(10-12(11-16)5-6-18)13-3-2-4-14(17)9-13/h2-4,7-9,12H,5,10-11H2,1H3. The molecule has 1 saturated carbocycles. The number of aryl methyl sites for hydroxylation is 1. The highest BCUT2D eigenvalue weighted by atomic mass is 79.9. The molecule has 1 aliphatic rings. The summed E-state index contributed by atoms with van der Waals surface area (Å²) in [5.41, 5.74) is 1.25. The van der Waals surface area contributed by atoms with Gasteiger partial charge in [-0.1, -0.05) is 28.1 Å². The van der Waals surface area contributed by atoms with E-state index in [1.807, 2.05) is 25.5 Å². The monoisotopic (exact) mass is 329 g/mol. The Morgan fingerprint density at radius 1 is 1.50 bits per heavy atom. The van der Waals surface area contributed by atoms with Crippen LogP contribution in [0.15, 0.2) is 41.1 Å². The van der Waals surface area contributed by atoms with Crippen molar-refractivity contribution in [3.05, 3.63) is 52.5 Å². The SMILES string of the molecule is Cn1ccnc1C1(c2cccc(Br)c2)CC(CC#N)C1. The first kappa shape index (κ1) is 13.4. The second kappa shape index (κ2) is 5.06. The van der Waals surface area contributed by atoms with Crippen molar-refractivity contribution in [2.24, 2.45) is 13.0 Å². The number of halogens is 1. The topological polar surface area (TPSA) is 41.6 Å². The lowest BCUT2D eigenvalue weighted by Crippen LogP contribution is -2.44. The van der Waals surface area contributed by atoms with E-state index in [4.69, 9.17) is 5.26 Å². The highest BCUT2D eigenvalue weighted by Crippen LogP contribution is 2.53. The van der Waals surface area contributed by atoms with Crippen LogP contribution in [0.5, 0.6) is 0 Å². The van der Waals surface area contributed by atoms with Gasteiger partial charge < -0.3 is 4.57 Å². The van der Waals surface area contributed by atoms with Crippen LogP contribution in [0.1, 0.15) is 30.7 Å². The molecule has 0 unspecified atom stereocenters. The molecule has 0 bridgehead atoms. The Hall–Kier alpha value is -1.60. The number of hydrogen-bond donors (Lipinski definition) is 0. The van der Waals surface area contributed by atoms with Gasteiger partial charge in [-0.25, -0.2) is 4.98 Å². The van der Waals surface area contributed by atoms with Gasteiger partial charge >= 0.3 is 0 Å². The molecule has 1 aromatic carbocycles. The van der Waals surface area contributed by atoms with Gasteiger partial charge in [-0.05, 0) is 36.5 Å². The third-order valence-electron chi connectivity index (χ3n) is 4.28. The fourth-order valence-electron chi connectivity index (χ4n) is 3.36. The Balaban J connectivity index is 2.03. The van der Waals surface area contributed by atoms with E-state index < -0.39 is 0 Å². The summed E-state index contributed by atoms with van der Waals surface area (Å²) < 4.78 is 3.19. The minimum atomic E-state index is -0.0381. The Morgan fingerprint density at radius 3 is 2.90 bits per heavy atom. The molecule has 0 aliphatic heterocycles. The van der Waals surface area contributed by atoms with Crippen LogP contribution < -0.4 is 0 Å². The van der Waals surface area contributed by atoms with E-state index >= 15 is 0 Å². The van der Waals surface area contributed by atoms with Crippen LogP contribution in [-0.2, 0) is 12.5 Å². The van der Waals surface area contributed by atoms with E-state index in [-0.39, 0.29) is 5.41 Å². The predicted molar refractivity (Wildman–Crippen MR) is 81.1 cm³/mol. The molecule has 0 saturated heterocycles. The summed E-state index contributed by atoms with van der Waals surface area (Å²) in [6.07, 6.45) is 6.49. The fourth-order valence-corrected chi connectivity index (χ4v) is 3.76. The molecule has 1 fully saturated rings. The van der Waals surface area contributed by atoms with Crippen LogP contribution in [0.2, 0.25) is 0 Å². The maximum atomic E-state index is 8.89. The summed E-state index contributed by atoms with van der Waals surface area (Å²) in [4.78, 5) is 4.58. The maximum absolute atomic E-state index is 8.89. The zero-order valence-corrected chi connectivity index (χ0v) is 13.0. The molecule has 2 aromatic rings. The van der Waals surface area contributed by atoms with Crippen LogP contribution in [-0.4, -0.2) is 9.55 Å². The molecule has 3 rings (SSSR count). The smallest absolute Gasteiger partial charge is 0.119 e. The number of rotatable bonds is 3. The van der Waals surface area contributed by atoms with Gasteiger partial charge in [0, 0.05) is 30.3 Å². The Labute approximate surface area is 127 Å². The summed E-state index contributed by atoms with van der Waals surface area (Å²) in [6, 6.07) is 10.8. The second-order valence-corrected chi connectivity index (χ2v) is 6.51. The van der Waals surface area contributed by atoms with Gasteiger partial charge in [0.25, 0.3) is 0 Å². The van der Waals surface area contributed by atoms with Crippen molar-refractivity contribution in [3.63, 3.8) is 0 Å². The van der Waals surface area contributed by atoms with Crippen molar-refractivity contribution < 1.29 is 0 Å². The highest BCUT2D eigenvalue weighted by molar-refractivity contribution is 9.10. The van der Waals surface area contributed by atoms with E-state index in [2.05, 4.69) is 49.7 Å². The first-order chi connectivity index (χ1) is 9.65. The lowest BCUT2D eigenvalue weighted by Gasteiger charge is -2.47. The zero-order chi connectivity index (χ0) is 14.2. The average molecular weight is 330 g/mol. The first-order valence-corrected chi connectivity index (χ1v) is 7.56. The molecule has 0 amide bonds. The van der Waals surface area contributed by atoms with Crippen molar-refractivity contribution in [3.8, 4) is 6.07 Å². The highest BCUT2D eigenvalue weighted by Gasteiger charge is 2.49. The maximum Gasteiger partial charge on any atom is 0.119 e. The van der Waals surface area contributed by atoms with Crippen molar-refractivity contribution in [1.82, 2.24) is 9.55 Å². The van der Waals surface area contributed by atoms with Crippen LogP contribution in [0.3, 0.4) is 0 Å². The lowest BCUT2D eigenvalue weighted by molar-refractivity contribution is 0.172. The van der Waals surface area contributed by atoms with Crippen LogP contribution >= 0.6 is 15.9 Å². The zero-order valence-electron chi connectivity index (χ0n) is 11.4. The number of aromatic nitrogens is 2.